The Hall–Kier alpha value is -0.940. The number of aliphatic hydroxyl groups excluding tert-OH is 3. The number of nitrogens with zero attached hydrogens (tertiary/aromatic N) is 1. The molecule has 0 aliphatic carbocycles. The first kappa shape index (κ1) is 12.1. The van der Waals surface area contributed by atoms with Gasteiger partial charge >= 0.3 is 0 Å². The minimum Gasteiger partial charge on any atom is -0.395 e. The van der Waals surface area contributed by atoms with Crippen LogP contribution in [-0.4, -0.2) is 57.7 Å². The lowest BCUT2D eigenvalue weighted by Gasteiger charge is -2.25. The molecule has 3 rings (SSSR count). The molecule has 4 nitrogen and oxygen atoms in total. The van der Waals surface area contributed by atoms with E-state index in [-0.39, 0.29) is 24.6 Å². The van der Waals surface area contributed by atoms with Crippen LogP contribution >= 0.6 is 0 Å². The zero-order chi connectivity index (χ0) is 12.7. The maximum absolute atomic E-state index is 10.2. The number of hydrogen-bond acceptors (Lipinski definition) is 4. The highest BCUT2D eigenvalue weighted by atomic mass is 16.3. The standard InChI is InChI=1S/C14H19NO3/c16-8-11-13(17)14(18)12-10(6-7-15(11)12)9-4-2-1-3-5-9/h1-5,10-14,16-18H,6-8H2/t10-,11-,12+,13+,14+/m0/s1. The Morgan fingerprint density at radius 1 is 1.11 bits per heavy atom. The highest BCUT2D eigenvalue weighted by molar-refractivity contribution is 5.26. The van der Waals surface area contributed by atoms with Gasteiger partial charge in [-0.1, -0.05) is 30.3 Å². The van der Waals surface area contributed by atoms with Crippen LogP contribution in [0.4, 0.5) is 0 Å². The van der Waals surface area contributed by atoms with Crippen molar-refractivity contribution in [3.63, 3.8) is 0 Å². The molecular weight excluding hydrogens is 230 g/mol. The van der Waals surface area contributed by atoms with Gasteiger partial charge in [0, 0.05) is 12.0 Å². The predicted octanol–water partition coefficient (Wildman–Crippen LogP) is -0.0592. The minimum absolute atomic E-state index is 0.0699. The van der Waals surface area contributed by atoms with Crippen molar-refractivity contribution in [1.82, 2.24) is 4.90 Å². The molecule has 2 saturated heterocycles. The molecule has 4 heteroatoms. The van der Waals surface area contributed by atoms with Gasteiger partial charge in [0.25, 0.3) is 0 Å². The summed E-state index contributed by atoms with van der Waals surface area (Å²) in [4.78, 5) is 2.06. The number of fused-ring (bicyclic) bond motifs is 1. The fraction of sp³-hybridized carbons (Fsp3) is 0.571. The molecule has 1 aromatic rings. The van der Waals surface area contributed by atoms with E-state index in [4.69, 9.17) is 0 Å². The van der Waals surface area contributed by atoms with Crippen molar-refractivity contribution in [3.05, 3.63) is 35.9 Å². The Labute approximate surface area is 106 Å². The number of hydrogen-bond donors (Lipinski definition) is 3. The number of aliphatic hydroxyl groups is 3. The monoisotopic (exact) mass is 249 g/mol. The average Bonchev–Trinajstić information content (AvgIpc) is 2.92. The van der Waals surface area contributed by atoms with E-state index in [1.54, 1.807) is 0 Å². The molecule has 0 unspecified atom stereocenters. The normalized spacial score (nSPS) is 40.1. The van der Waals surface area contributed by atoms with Crippen molar-refractivity contribution in [2.45, 2.75) is 36.6 Å². The average molecular weight is 249 g/mol. The van der Waals surface area contributed by atoms with E-state index < -0.39 is 12.2 Å². The first-order valence-electron chi connectivity index (χ1n) is 6.51. The summed E-state index contributed by atoms with van der Waals surface area (Å²) in [6.45, 7) is 0.722. The molecule has 98 valence electrons. The Morgan fingerprint density at radius 3 is 2.50 bits per heavy atom. The third-order valence-electron chi connectivity index (χ3n) is 4.43. The van der Waals surface area contributed by atoms with E-state index in [9.17, 15) is 15.3 Å². The molecule has 0 bridgehead atoms. The summed E-state index contributed by atoms with van der Waals surface area (Å²) in [6.07, 6.45) is -0.643. The Bertz CT molecular complexity index is 411. The SMILES string of the molecule is OC[C@H]1[C@@H](O)[C@H](O)[C@H]2[C@H](c3ccccc3)CCN21. The van der Waals surface area contributed by atoms with Gasteiger partial charge in [-0.05, 0) is 18.5 Å². The summed E-state index contributed by atoms with van der Waals surface area (Å²) in [5.41, 5.74) is 1.20. The molecule has 2 aliphatic heterocycles. The highest BCUT2D eigenvalue weighted by Crippen LogP contribution is 2.42. The fourth-order valence-corrected chi connectivity index (χ4v) is 3.56. The van der Waals surface area contributed by atoms with E-state index in [0.717, 1.165) is 13.0 Å². The maximum Gasteiger partial charge on any atom is 0.0991 e. The van der Waals surface area contributed by atoms with E-state index in [1.165, 1.54) is 5.56 Å². The van der Waals surface area contributed by atoms with Crippen molar-refractivity contribution in [3.8, 4) is 0 Å². The van der Waals surface area contributed by atoms with Gasteiger partial charge < -0.3 is 15.3 Å². The van der Waals surface area contributed by atoms with E-state index in [1.807, 2.05) is 18.2 Å². The van der Waals surface area contributed by atoms with Gasteiger partial charge in [-0.2, -0.15) is 0 Å². The first-order valence-corrected chi connectivity index (χ1v) is 6.51. The molecule has 0 saturated carbocycles. The zero-order valence-electron chi connectivity index (χ0n) is 10.2. The van der Waals surface area contributed by atoms with Crippen LogP contribution in [0.25, 0.3) is 0 Å². The van der Waals surface area contributed by atoms with Crippen molar-refractivity contribution in [1.29, 1.82) is 0 Å². The van der Waals surface area contributed by atoms with Gasteiger partial charge in [0.05, 0.1) is 24.9 Å². The highest BCUT2D eigenvalue weighted by Gasteiger charge is 2.53. The lowest BCUT2D eigenvalue weighted by Crippen LogP contribution is -2.38. The van der Waals surface area contributed by atoms with E-state index in [0.29, 0.717) is 0 Å². The largest absolute Gasteiger partial charge is 0.395 e. The molecule has 0 spiro atoms. The van der Waals surface area contributed by atoms with Crippen molar-refractivity contribution in [2.75, 3.05) is 13.2 Å². The molecule has 0 radical (unpaired) electrons. The third kappa shape index (κ3) is 1.68. The van der Waals surface area contributed by atoms with Crippen LogP contribution in [-0.2, 0) is 0 Å². The minimum atomic E-state index is -0.841. The molecular formula is C14H19NO3. The van der Waals surface area contributed by atoms with Crippen LogP contribution in [0.3, 0.4) is 0 Å². The molecule has 0 aromatic heterocycles. The second-order valence-electron chi connectivity index (χ2n) is 5.27. The molecule has 0 amide bonds. The second-order valence-corrected chi connectivity index (χ2v) is 5.27. The van der Waals surface area contributed by atoms with Gasteiger partial charge in [-0.3, -0.25) is 4.90 Å². The summed E-state index contributed by atoms with van der Waals surface area (Å²) in [6, 6.07) is 9.72. The van der Waals surface area contributed by atoms with Crippen LogP contribution in [0.5, 0.6) is 0 Å². The summed E-state index contributed by atoms with van der Waals surface area (Å²) in [5.74, 6) is 0.243. The molecule has 2 heterocycles. The van der Waals surface area contributed by atoms with Crippen LogP contribution in [0.15, 0.2) is 30.3 Å². The van der Waals surface area contributed by atoms with Gasteiger partial charge in [0.1, 0.15) is 0 Å². The Balaban J connectivity index is 1.89. The van der Waals surface area contributed by atoms with E-state index >= 15 is 0 Å². The van der Waals surface area contributed by atoms with Crippen molar-refractivity contribution >= 4 is 0 Å². The predicted molar refractivity (Wildman–Crippen MR) is 67.2 cm³/mol. The quantitative estimate of drug-likeness (QED) is 0.687. The Morgan fingerprint density at radius 2 is 1.83 bits per heavy atom. The van der Waals surface area contributed by atoms with E-state index in [2.05, 4.69) is 17.0 Å². The van der Waals surface area contributed by atoms with Crippen LogP contribution < -0.4 is 0 Å². The molecule has 5 atom stereocenters. The van der Waals surface area contributed by atoms with Gasteiger partial charge in [0.2, 0.25) is 0 Å². The topological polar surface area (TPSA) is 63.9 Å². The maximum atomic E-state index is 10.2. The smallest absolute Gasteiger partial charge is 0.0991 e. The lowest BCUT2D eigenvalue weighted by molar-refractivity contribution is 0.0139. The summed E-state index contributed by atoms with van der Waals surface area (Å²) >= 11 is 0. The van der Waals surface area contributed by atoms with Crippen molar-refractivity contribution < 1.29 is 15.3 Å². The molecule has 3 N–H and O–H groups in total. The van der Waals surface area contributed by atoms with Crippen LogP contribution in [0.1, 0.15) is 17.9 Å². The van der Waals surface area contributed by atoms with Gasteiger partial charge in [-0.15, -0.1) is 0 Å². The molecule has 2 aliphatic rings. The fourth-order valence-electron chi connectivity index (χ4n) is 3.56. The van der Waals surface area contributed by atoms with Crippen LogP contribution in [0.2, 0.25) is 0 Å². The van der Waals surface area contributed by atoms with Crippen LogP contribution in [0, 0.1) is 0 Å². The lowest BCUT2D eigenvalue weighted by atomic mass is 9.88. The molecule has 18 heavy (non-hydrogen) atoms. The zero-order valence-corrected chi connectivity index (χ0v) is 10.2. The summed E-state index contributed by atoms with van der Waals surface area (Å²) < 4.78 is 0. The number of rotatable bonds is 2. The summed E-state index contributed by atoms with van der Waals surface area (Å²) in [5, 5.41) is 29.5. The van der Waals surface area contributed by atoms with Gasteiger partial charge in [-0.25, -0.2) is 0 Å². The molecule has 1 aromatic carbocycles. The first-order chi connectivity index (χ1) is 8.74. The Kier molecular flexibility index (Phi) is 3.11. The summed E-state index contributed by atoms with van der Waals surface area (Å²) in [7, 11) is 0. The van der Waals surface area contributed by atoms with Crippen molar-refractivity contribution in [2.24, 2.45) is 0 Å². The van der Waals surface area contributed by atoms with Gasteiger partial charge in [0.15, 0.2) is 0 Å². The number of benzene rings is 1. The molecule has 2 fully saturated rings. The second kappa shape index (κ2) is 4.63. The third-order valence-corrected chi connectivity index (χ3v) is 4.43.